The molecule has 3 aromatic carbocycles. The van der Waals surface area contributed by atoms with Crippen molar-refractivity contribution in [2.75, 3.05) is 32.8 Å². The Hall–Kier alpha value is -3.57. The van der Waals surface area contributed by atoms with E-state index in [-0.39, 0.29) is 19.2 Å². The first-order valence-corrected chi connectivity index (χ1v) is 12.5. The number of nitrogens with zero attached hydrogens (tertiary/aromatic N) is 1. The standard InChI is InChI=1S/C30H34N2O3/c33-22-23-35-27-16-14-26(15-17-27)29(25-12-6-2-7-13-25)28(24-10-4-1-5-11-24)18-19-31-30(34)32-20-8-3-9-21-32/h1-2,4-7,10-17,33H,3,8-9,18-23H2,(H,31,34)/b29-28-. The van der Waals surface area contributed by atoms with Crippen molar-refractivity contribution in [1.29, 1.82) is 0 Å². The highest BCUT2D eigenvalue weighted by Crippen LogP contribution is 2.35. The lowest BCUT2D eigenvalue weighted by molar-refractivity contribution is 0.187. The zero-order valence-electron chi connectivity index (χ0n) is 20.2. The molecule has 182 valence electrons. The monoisotopic (exact) mass is 470 g/mol. The van der Waals surface area contributed by atoms with Gasteiger partial charge in [-0.15, -0.1) is 0 Å². The summed E-state index contributed by atoms with van der Waals surface area (Å²) in [7, 11) is 0. The van der Waals surface area contributed by atoms with Gasteiger partial charge in [-0.05, 0) is 65.7 Å². The van der Waals surface area contributed by atoms with Crippen LogP contribution < -0.4 is 10.1 Å². The van der Waals surface area contributed by atoms with Crippen LogP contribution in [0.4, 0.5) is 4.79 Å². The second-order valence-corrected chi connectivity index (χ2v) is 8.71. The fourth-order valence-corrected chi connectivity index (χ4v) is 4.56. The van der Waals surface area contributed by atoms with Gasteiger partial charge >= 0.3 is 6.03 Å². The van der Waals surface area contributed by atoms with Crippen molar-refractivity contribution in [2.45, 2.75) is 25.7 Å². The molecule has 0 bridgehead atoms. The summed E-state index contributed by atoms with van der Waals surface area (Å²) in [5, 5.41) is 12.2. The summed E-state index contributed by atoms with van der Waals surface area (Å²) >= 11 is 0. The van der Waals surface area contributed by atoms with Crippen LogP contribution in [0.15, 0.2) is 84.9 Å². The molecular weight excluding hydrogens is 436 g/mol. The third kappa shape index (κ3) is 6.74. The van der Waals surface area contributed by atoms with E-state index in [4.69, 9.17) is 9.84 Å². The first-order chi connectivity index (χ1) is 17.3. The van der Waals surface area contributed by atoms with Crippen molar-refractivity contribution in [3.8, 4) is 5.75 Å². The molecule has 0 spiro atoms. The predicted octanol–water partition coefficient (Wildman–Crippen LogP) is 5.60. The Bertz CT molecular complexity index is 1090. The zero-order chi connectivity index (χ0) is 24.3. The van der Waals surface area contributed by atoms with E-state index in [1.54, 1.807) is 0 Å². The van der Waals surface area contributed by atoms with Gasteiger partial charge in [-0.25, -0.2) is 4.79 Å². The van der Waals surface area contributed by atoms with Crippen LogP contribution in [0.25, 0.3) is 11.1 Å². The molecular formula is C30H34N2O3. The number of nitrogens with one attached hydrogen (secondary N) is 1. The normalized spacial score (nSPS) is 14.3. The lowest BCUT2D eigenvalue weighted by Crippen LogP contribution is -2.43. The molecule has 2 amide bonds. The van der Waals surface area contributed by atoms with Crippen LogP contribution in [0, 0.1) is 0 Å². The number of aliphatic hydroxyl groups excluding tert-OH is 1. The van der Waals surface area contributed by atoms with Crippen molar-refractivity contribution in [1.82, 2.24) is 10.2 Å². The van der Waals surface area contributed by atoms with Crippen LogP contribution in [0.1, 0.15) is 42.4 Å². The third-order valence-corrected chi connectivity index (χ3v) is 6.28. The Morgan fingerprint density at radius 3 is 2.03 bits per heavy atom. The summed E-state index contributed by atoms with van der Waals surface area (Å²) in [5.74, 6) is 0.727. The number of hydrogen-bond acceptors (Lipinski definition) is 3. The molecule has 0 saturated carbocycles. The highest BCUT2D eigenvalue weighted by atomic mass is 16.5. The highest BCUT2D eigenvalue weighted by molar-refractivity contribution is 5.98. The van der Waals surface area contributed by atoms with Crippen molar-refractivity contribution >= 4 is 17.2 Å². The first kappa shape index (κ1) is 24.6. The molecule has 5 heteroatoms. The van der Waals surface area contributed by atoms with Crippen molar-refractivity contribution in [3.05, 3.63) is 102 Å². The summed E-state index contributed by atoms with van der Waals surface area (Å²) in [5.41, 5.74) is 5.66. The maximum atomic E-state index is 12.7. The molecule has 0 unspecified atom stereocenters. The largest absolute Gasteiger partial charge is 0.491 e. The number of amides is 2. The number of rotatable bonds is 9. The number of aliphatic hydroxyl groups is 1. The van der Waals surface area contributed by atoms with Gasteiger partial charge in [-0.3, -0.25) is 0 Å². The smallest absolute Gasteiger partial charge is 0.317 e. The van der Waals surface area contributed by atoms with Crippen LogP contribution in [-0.4, -0.2) is 48.9 Å². The number of urea groups is 1. The van der Waals surface area contributed by atoms with E-state index in [2.05, 4.69) is 66.0 Å². The lowest BCUT2D eigenvalue weighted by atomic mass is 9.88. The number of hydrogen-bond donors (Lipinski definition) is 2. The number of carbonyl (C=O) groups excluding carboxylic acids is 1. The average Bonchev–Trinajstić information content (AvgIpc) is 2.93. The summed E-state index contributed by atoms with van der Waals surface area (Å²) in [6.07, 6.45) is 4.07. The van der Waals surface area contributed by atoms with E-state index < -0.39 is 0 Å². The van der Waals surface area contributed by atoms with Gasteiger partial charge in [0.2, 0.25) is 0 Å². The Kier molecular flexibility index (Phi) is 8.96. The third-order valence-electron chi connectivity index (χ3n) is 6.28. The molecule has 0 aromatic heterocycles. The lowest BCUT2D eigenvalue weighted by Gasteiger charge is -2.27. The molecule has 35 heavy (non-hydrogen) atoms. The van der Waals surface area contributed by atoms with Crippen molar-refractivity contribution < 1.29 is 14.6 Å². The fourth-order valence-electron chi connectivity index (χ4n) is 4.56. The van der Waals surface area contributed by atoms with Crippen LogP contribution in [0.2, 0.25) is 0 Å². The molecule has 0 atom stereocenters. The topological polar surface area (TPSA) is 61.8 Å². The van der Waals surface area contributed by atoms with Gasteiger partial charge in [0, 0.05) is 19.6 Å². The second kappa shape index (κ2) is 12.8. The molecule has 1 aliphatic heterocycles. The van der Waals surface area contributed by atoms with E-state index in [9.17, 15) is 4.79 Å². The molecule has 1 fully saturated rings. The van der Waals surface area contributed by atoms with Gasteiger partial charge in [-0.1, -0.05) is 72.8 Å². The number of ether oxygens (including phenoxy) is 1. The molecule has 1 aliphatic rings. The maximum absolute atomic E-state index is 12.7. The summed E-state index contributed by atoms with van der Waals surface area (Å²) in [6, 6.07) is 28.8. The number of likely N-dealkylation sites (tertiary alicyclic amines) is 1. The Balaban J connectivity index is 1.67. The number of piperidine rings is 1. The molecule has 1 saturated heterocycles. The van der Waals surface area contributed by atoms with Crippen LogP contribution >= 0.6 is 0 Å². The van der Waals surface area contributed by atoms with E-state index in [0.29, 0.717) is 13.0 Å². The fraction of sp³-hybridized carbons (Fsp3) is 0.300. The van der Waals surface area contributed by atoms with Crippen molar-refractivity contribution in [3.63, 3.8) is 0 Å². The van der Waals surface area contributed by atoms with E-state index in [1.807, 2.05) is 29.2 Å². The Labute approximate surface area is 208 Å². The van der Waals surface area contributed by atoms with Gasteiger partial charge in [0.1, 0.15) is 12.4 Å². The minimum Gasteiger partial charge on any atom is -0.491 e. The van der Waals surface area contributed by atoms with E-state index >= 15 is 0 Å². The molecule has 1 heterocycles. The average molecular weight is 471 g/mol. The number of benzene rings is 3. The molecule has 0 radical (unpaired) electrons. The minimum absolute atomic E-state index is 0.0157. The molecule has 2 N–H and O–H groups in total. The highest BCUT2D eigenvalue weighted by Gasteiger charge is 2.18. The van der Waals surface area contributed by atoms with E-state index in [1.165, 1.54) is 12.0 Å². The van der Waals surface area contributed by atoms with Crippen LogP contribution in [0.5, 0.6) is 5.75 Å². The molecule has 3 aromatic rings. The summed E-state index contributed by atoms with van der Waals surface area (Å²) in [4.78, 5) is 14.6. The predicted molar refractivity (Wildman–Crippen MR) is 141 cm³/mol. The van der Waals surface area contributed by atoms with Gasteiger partial charge in [0.25, 0.3) is 0 Å². The van der Waals surface area contributed by atoms with Crippen LogP contribution in [0.3, 0.4) is 0 Å². The molecule has 5 nitrogen and oxygen atoms in total. The van der Waals surface area contributed by atoms with Gasteiger partial charge in [0.15, 0.2) is 0 Å². The van der Waals surface area contributed by atoms with Crippen molar-refractivity contribution in [2.24, 2.45) is 0 Å². The SMILES string of the molecule is O=C(NCC/C(=C(\c1ccccc1)c1ccc(OCCO)cc1)c1ccccc1)N1CCCCC1. The second-order valence-electron chi connectivity index (χ2n) is 8.71. The molecule has 4 rings (SSSR count). The van der Waals surface area contributed by atoms with Gasteiger partial charge in [0.05, 0.1) is 6.61 Å². The molecule has 0 aliphatic carbocycles. The Morgan fingerprint density at radius 2 is 1.40 bits per heavy atom. The Morgan fingerprint density at radius 1 is 0.800 bits per heavy atom. The summed E-state index contributed by atoms with van der Waals surface area (Å²) < 4.78 is 5.57. The van der Waals surface area contributed by atoms with Crippen LogP contribution in [-0.2, 0) is 0 Å². The summed E-state index contributed by atoms with van der Waals surface area (Å²) in [6.45, 7) is 2.50. The minimum atomic E-state index is -0.0157. The van der Waals surface area contributed by atoms with Gasteiger partial charge in [-0.2, -0.15) is 0 Å². The zero-order valence-corrected chi connectivity index (χ0v) is 20.2. The first-order valence-electron chi connectivity index (χ1n) is 12.5. The van der Waals surface area contributed by atoms with Gasteiger partial charge < -0.3 is 20.1 Å². The van der Waals surface area contributed by atoms with E-state index in [0.717, 1.165) is 53.9 Å². The maximum Gasteiger partial charge on any atom is 0.317 e. The quantitative estimate of drug-likeness (QED) is 0.400. The number of carbonyl (C=O) groups is 1.